The summed E-state index contributed by atoms with van der Waals surface area (Å²) in [5.74, 6) is 0.479. The number of hydrogen-bond donors (Lipinski definition) is 1. The van der Waals surface area contributed by atoms with Crippen LogP contribution in [0.25, 0.3) is 0 Å². The van der Waals surface area contributed by atoms with Gasteiger partial charge in [0.05, 0.1) is 4.90 Å². The zero-order chi connectivity index (χ0) is 18.4. The highest BCUT2D eigenvalue weighted by molar-refractivity contribution is 7.89. The molecule has 0 spiro atoms. The van der Waals surface area contributed by atoms with Gasteiger partial charge < -0.3 is 10.1 Å². The highest BCUT2D eigenvalue weighted by atomic mass is 32.2. The van der Waals surface area contributed by atoms with Crippen molar-refractivity contribution < 1.29 is 17.9 Å². The molecule has 25 heavy (non-hydrogen) atoms. The average Bonchev–Trinajstić information content (AvgIpc) is 2.62. The number of benzene rings is 2. The SMILES string of the molecule is CNC(=O)c1ccc(S(=O)(=O)N(C)CCOc2ccccc2C)cc1. The predicted octanol–water partition coefficient (Wildman–Crippen LogP) is 2.05. The second kappa shape index (κ2) is 8.13. The number of carbonyl (C=O) groups is 1. The fourth-order valence-electron chi connectivity index (χ4n) is 2.23. The number of nitrogens with zero attached hydrogens (tertiary/aromatic N) is 1. The van der Waals surface area contributed by atoms with Crippen molar-refractivity contribution in [3.63, 3.8) is 0 Å². The molecule has 134 valence electrons. The number of para-hydroxylation sites is 1. The van der Waals surface area contributed by atoms with Crippen molar-refractivity contribution in [1.82, 2.24) is 9.62 Å². The summed E-state index contributed by atoms with van der Waals surface area (Å²) in [6.45, 7) is 2.40. The van der Waals surface area contributed by atoms with Crippen LogP contribution in [0.4, 0.5) is 0 Å². The highest BCUT2D eigenvalue weighted by Crippen LogP contribution is 2.17. The van der Waals surface area contributed by atoms with Crippen molar-refractivity contribution in [2.75, 3.05) is 27.2 Å². The first-order chi connectivity index (χ1) is 11.9. The van der Waals surface area contributed by atoms with E-state index < -0.39 is 10.0 Å². The van der Waals surface area contributed by atoms with Gasteiger partial charge in [-0.05, 0) is 42.8 Å². The summed E-state index contributed by atoms with van der Waals surface area (Å²) in [4.78, 5) is 11.7. The normalized spacial score (nSPS) is 11.4. The Labute approximate surface area is 148 Å². The Morgan fingerprint density at radius 1 is 1.12 bits per heavy atom. The van der Waals surface area contributed by atoms with Crippen LogP contribution in [0.3, 0.4) is 0 Å². The Morgan fingerprint density at radius 2 is 1.76 bits per heavy atom. The minimum atomic E-state index is -3.63. The molecule has 2 rings (SSSR count). The maximum absolute atomic E-state index is 12.6. The molecule has 0 fully saturated rings. The van der Waals surface area contributed by atoms with Crippen LogP contribution in [-0.2, 0) is 10.0 Å². The van der Waals surface area contributed by atoms with Crippen LogP contribution >= 0.6 is 0 Å². The Balaban J connectivity index is 2.01. The standard InChI is InChI=1S/C18H22N2O4S/c1-14-6-4-5-7-17(14)24-13-12-20(3)25(22,23)16-10-8-15(9-11-16)18(21)19-2/h4-11H,12-13H2,1-3H3,(H,19,21). The van der Waals surface area contributed by atoms with E-state index in [9.17, 15) is 13.2 Å². The fourth-order valence-corrected chi connectivity index (χ4v) is 3.38. The summed E-state index contributed by atoms with van der Waals surface area (Å²) < 4.78 is 32.0. The summed E-state index contributed by atoms with van der Waals surface area (Å²) in [5.41, 5.74) is 1.41. The van der Waals surface area contributed by atoms with E-state index in [0.717, 1.165) is 11.3 Å². The van der Waals surface area contributed by atoms with Gasteiger partial charge >= 0.3 is 0 Å². The lowest BCUT2D eigenvalue weighted by molar-refractivity contribution is 0.0963. The van der Waals surface area contributed by atoms with Crippen molar-refractivity contribution in [1.29, 1.82) is 0 Å². The topological polar surface area (TPSA) is 75.7 Å². The predicted molar refractivity (Wildman–Crippen MR) is 96.3 cm³/mol. The van der Waals surface area contributed by atoms with Gasteiger partial charge in [0.1, 0.15) is 12.4 Å². The lowest BCUT2D eigenvalue weighted by atomic mass is 10.2. The quantitative estimate of drug-likeness (QED) is 0.818. The molecule has 2 aromatic carbocycles. The van der Waals surface area contributed by atoms with Crippen molar-refractivity contribution in [3.8, 4) is 5.75 Å². The lowest BCUT2D eigenvalue weighted by Crippen LogP contribution is -2.31. The zero-order valence-corrected chi connectivity index (χ0v) is 15.3. The van der Waals surface area contributed by atoms with Gasteiger partial charge in [-0.3, -0.25) is 4.79 Å². The van der Waals surface area contributed by atoms with E-state index in [1.807, 2.05) is 31.2 Å². The number of rotatable bonds is 7. The third-order valence-electron chi connectivity index (χ3n) is 3.81. The van der Waals surface area contributed by atoms with Gasteiger partial charge in [-0.2, -0.15) is 4.31 Å². The van der Waals surface area contributed by atoms with Crippen LogP contribution in [-0.4, -0.2) is 45.9 Å². The Bertz CT molecular complexity index is 832. The highest BCUT2D eigenvalue weighted by Gasteiger charge is 2.21. The van der Waals surface area contributed by atoms with Crippen molar-refractivity contribution in [3.05, 3.63) is 59.7 Å². The Kier molecular flexibility index (Phi) is 6.17. The first-order valence-electron chi connectivity index (χ1n) is 7.83. The van der Waals surface area contributed by atoms with E-state index >= 15 is 0 Å². The molecule has 0 atom stereocenters. The molecule has 0 bridgehead atoms. The molecule has 0 saturated heterocycles. The summed E-state index contributed by atoms with van der Waals surface area (Å²) in [6.07, 6.45) is 0. The zero-order valence-electron chi connectivity index (χ0n) is 14.5. The number of amides is 1. The molecule has 2 aromatic rings. The van der Waals surface area contributed by atoms with Gasteiger partial charge in [0, 0.05) is 26.2 Å². The molecule has 0 unspecified atom stereocenters. The van der Waals surface area contributed by atoms with Crippen molar-refractivity contribution in [2.24, 2.45) is 0 Å². The van der Waals surface area contributed by atoms with Gasteiger partial charge in [-0.1, -0.05) is 18.2 Å². The maximum atomic E-state index is 12.6. The lowest BCUT2D eigenvalue weighted by Gasteiger charge is -2.18. The molecule has 0 aliphatic rings. The Morgan fingerprint density at radius 3 is 2.36 bits per heavy atom. The number of aryl methyl sites for hydroxylation is 1. The van der Waals surface area contributed by atoms with Crippen LogP contribution < -0.4 is 10.1 Å². The maximum Gasteiger partial charge on any atom is 0.251 e. The third kappa shape index (κ3) is 4.58. The van der Waals surface area contributed by atoms with Crippen molar-refractivity contribution >= 4 is 15.9 Å². The summed E-state index contributed by atoms with van der Waals surface area (Å²) in [6, 6.07) is 13.4. The van der Waals surface area contributed by atoms with Crippen LogP contribution in [0.1, 0.15) is 15.9 Å². The van der Waals surface area contributed by atoms with E-state index in [1.54, 1.807) is 0 Å². The number of hydrogen-bond acceptors (Lipinski definition) is 4. The molecule has 1 amide bonds. The number of likely N-dealkylation sites (N-methyl/N-ethyl adjacent to an activating group) is 1. The second-order valence-electron chi connectivity index (χ2n) is 5.54. The van der Waals surface area contributed by atoms with Crippen LogP contribution in [0.5, 0.6) is 5.75 Å². The van der Waals surface area contributed by atoms with Gasteiger partial charge in [0.15, 0.2) is 0 Å². The minimum Gasteiger partial charge on any atom is -0.492 e. The molecular weight excluding hydrogens is 340 g/mol. The molecule has 7 heteroatoms. The first kappa shape index (κ1) is 19.0. The molecular formula is C18H22N2O4S. The number of nitrogens with one attached hydrogen (secondary N) is 1. The monoisotopic (exact) mass is 362 g/mol. The molecule has 6 nitrogen and oxygen atoms in total. The fraction of sp³-hybridized carbons (Fsp3) is 0.278. The molecule has 0 heterocycles. The number of ether oxygens (including phenoxy) is 1. The molecule has 0 aliphatic heterocycles. The van der Waals surface area contributed by atoms with Crippen LogP contribution in [0.15, 0.2) is 53.4 Å². The largest absolute Gasteiger partial charge is 0.492 e. The smallest absolute Gasteiger partial charge is 0.251 e. The van der Waals surface area contributed by atoms with E-state index in [0.29, 0.717) is 5.56 Å². The molecule has 0 aromatic heterocycles. The van der Waals surface area contributed by atoms with Gasteiger partial charge in [0.25, 0.3) is 5.91 Å². The molecule has 1 N–H and O–H groups in total. The number of sulfonamides is 1. The van der Waals surface area contributed by atoms with E-state index in [-0.39, 0.29) is 24.0 Å². The second-order valence-corrected chi connectivity index (χ2v) is 7.59. The minimum absolute atomic E-state index is 0.138. The van der Waals surface area contributed by atoms with Crippen LogP contribution in [0, 0.1) is 6.92 Å². The molecule has 0 saturated carbocycles. The summed E-state index contributed by atoms with van der Waals surface area (Å²) >= 11 is 0. The van der Waals surface area contributed by atoms with Gasteiger partial charge in [-0.25, -0.2) is 8.42 Å². The van der Waals surface area contributed by atoms with E-state index in [2.05, 4.69) is 5.32 Å². The van der Waals surface area contributed by atoms with Gasteiger partial charge in [0.2, 0.25) is 10.0 Å². The summed E-state index contributed by atoms with van der Waals surface area (Å²) in [7, 11) is -0.605. The van der Waals surface area contributed by atoms with Gasteiger partial charge in [-0.15, -0.1) is 0 Å². The summed E-state index contributed by atoms with van der Waals surface area (Å²) in [5, 5.41) is 2.49. The molecule has 0 aliphatic carbocycles. The Hall–Kier alpha value is -2.38. The third-order valence-corrected chi connectivity index (χ3v) is 5.68. The van der Waals surface area contributed by atoms with Crippen LogP contribution in [0.2, 0.25) is 0 Å². The van der Waals surface area contributed by atoms with Crippen molar-refractivity contribution in [2.45, 2.75) is 11.8 Å². The number of carbonyl (C=O) groups excluding carboxylic acids is 1. The van der Waals surface area contributed by atoms with E-state index in [1.165, 1.54) is 42.7 Å². The average molecular weight is 362 g/mol. The molecule has 0 radical (unpaired) electrons. The first-order valence-corrected chi connectivity index (χ1v) is 9.27. The van der Waals surface area contributed by atoms with E-state index in [4.69, 9.17) is 4.74 Å².